The van der Waals surface area contributed by atoms with Crippen LogP contribution in [0.15, 0.2) is 97.3 Å². The number of ether oxygens (including phenoxy) is 1. The van der Waals surface area contributed by atoms with E-state index in [4.69, 9.17) is 4.74 Å². The van der Waals surface area contributed by atoms with Gasteiger partial charge in [0.05, 0.1) is 11.3 Å². The molecule has 5 rings (SSSR count). The van der Waals surface area contributed by atoms with Crippen LogP contribution in [0.3, 0.4) is 0 Å². The molecular weight excluding hydrogens is 527 g/mol. The standard InChI is InChI=1S/C31H29FN4O3S/c1-40(37,38)16-15-33-19-22-5-7-24(8-6-22)25-9-14-29-30(18-25)34-21-35-31(29)36-27-10-12-28(13-11-27)39-20-23-3-2-4-26(32)17-23/h2-14,17-18,21,33H,15-16,19-20H2,1H3,(H,34,35,36). The van der Waals surface area contributed by atoms with Gasteiger partial charge >= 0.3 is 0 Å². The van der Waals surface area contributed by atoms with E-state index in [0.717, 1.165) is 38.8 Å². The highest BCUT2D eigenvalue weighted by Crippen LogP contribution is 2.29. The Labute approximate surface area is 233 Å². The Morgan fingerprint density at radius 2 is 1.62 bits per heavy atom. The maximum absolute atomic E-state index is 13.4. The summed E-state index contributed by atoms with van der Waals surface area (Å²) in [4.78, 5) is 8.91. The molecular formula is C31H29FN4O3S. The van der Waals surface area contributed by atoms with Crippen molar-refractivity contribution in [3.63, 3.8) is 0 Å². The van der Waals surface area contributed by atoms with Gasteiger partial charge in [-0.3, -0.25) is 0 Å². The number of rotatable bonds is 11. The molecule has 0 unspecified atom stereocenters. The SMILES string of the molecule is CS(=O)(=O)CCNCc1ccc(-c2ccc3c(Nc4ccc(OCc5cccc(F)c5)cc4)ncnc3c2)cc1. The van der Waals surface area contributed by atoms with Crippen molar-refractivity contribution in [2.24, 2.45) is 0 Å². The van der Waals surface area contributed by atoms with Gasteiger partial charge in [0.15, 0.2) is 0 Å². The van der Waals surface area contributed by atoms with Crippen LogP contribution in [-0.2, 0) is 23.0 Å². The Morgan fingerprint density at radius 3 is 2.38 bits per heavy atom. The van der Waals surface area contributed by atoms with Crippen LogP contribution in [0.1, 0.15) is 11.1 Å². The van der Waals surface area contributed by atoms with Gasteiger partial charge in [0, 0.05) is 30.4 Å². The van der Waals surface area contributed by atoms with Gasteiger partial charge in [-0.1, -0.05) is 42.5 Å². The topological polar surface area (TPSA) is 93.2 Å². The van der Waals surface area contributed by atoms with Crippen LogP contribution in [0.5, 0.6) is 5.75 Å². The molecule has 0 atom stereocenters. The molecule has 40 heavy (non-hydrogen) atoms. The molecule has 0 radical (unpaired) electrons. The number of anilines is 2. The molecule has 0 saturated heterocycles. The summed E-state index contributed by atoms with van der Waals surface area (Å²) in [5.74, 6) is 1.22. The molecule has 0 fully saturated rings. The van der Waals surface area contributed by atoms with E-state index in [9.17, 15) is 12.8 Å². The molecule has 0 saturated carbocycles. The number of sulfone groups is 1. The molecule has 9 heteroatoms. The van der Waals surface area contributed by atoms with Gasteiger partial charge in [-0.25, -0.2) is 22.8 Å². The zero-order chi connectivity index (χ0) is 28.0. The second-order valence-corrected chi connectivity index (χ2v) is 11.8. The van der Waals surface area contributed by atoms with Gasteiger partial charge in [0.25, 0.3) is 0 Å². The van der Waals surface area contributed by atoms with Crippen molar-refractivity contribution in [1.82, 2.24) is 15.3 Å². The normalized spacial score (nSPS) is 11.4. The van der Waals surface area contributed by atoms with E-state index < -0.39 is 9.84 Å². The fourth-order valence-corrected chi connectivity index (χ4v) is 4.72. The van der Waals surface area contributed by atoms with Gasteiger partial charge < -0.3 is 15.4 Å². The minimum Gasteiger partial charge on any atom is -0.489 e. The number of aromatic nitrogens is 2. The second kappa shape index (κ2) is 12.2. The number of halogens is 1. The number of fused-ring (bicyclic) bond motifs is 1. The molecule has 4 aromatic carbocycles. The molecule has 0 aliphatic rings. The number of nitrogens with zero attached hydrogens (tertiary/aromatic N) is 2. The predicted octanol–water partition coefficient (Wildman–Crippen LogP) is 5.89. The first kappa shape index (κ1) is 27.2. The average Bonchev–Trinajstić information content (AvgIpc) is 2.95. The molecule has 7 nitrogen and oxygen atoms in total. The molecule has 0 aliphatic heterocycles. The minimum atomic E-state index is -2.97. The highest BCUT2D eigenvalue weighted by molar-refractivity contribution is 7.90. The number of hydrogen-bond acceptors (Lipinski definition) is 7. The van der Waals surface area contributed by atoms with Gasteiger partial charge in [-0.15, -0.1) is 0 Å². The fourth-order valence-electron chi connectivity index (χ4n) is 4.21. The zero-order valence-corrected chi connectivity index (χ0v) is 22.8. The Balaban J connectivity index is 1.22. The Morgan fingerprint density at radius 1 is 0.850 bits per heavy atom. The third-order valence-corrected chi connectivity index (χ3v) is 7.26. The molecule has 1 heterocycles. The molecule has 0 spiro atoms. The first-order valence-electron chi connectivity index (χ1n) is 12.8. The van der Waals surface area contributed by atoms with Crippen LogP contribution in [0.4, 0.5) is 15.9 Å². The predicted molar refractivity (Wildman–Crippen MR) is 157 cm³/mol. The van der Waals surface area contributed by atoms with Crippen molar-refractivity contribution in [2.75, 3.05) is 23.9 Å². The zero-order valence-electron chi connectivity index (χ0n) is 22.0. The average molecular weight is 557 g/mol. The van der Waals surface area contributed by atoms with Crippen molar-refractivity contribution in [3.8, 4) is 16.9 Å². The Hall–Kier alpha value is -4.34. The van der Waals surface area contributed by atoms with E-state index >= 15 is 0 Å². The summed E-state index contributed by atoms with van der Waals surface area (Å²) < 4.78 is 41.7. The summed E-state index contributed by atoms with van der Waals surface area (Å²) in [6, 6.07) is 28.1. The molecule has 204 valence electrons. The second-order valence-electron chi connectivity index (χ2n) is 9.53. The Kier molecular flexibility index (Phi) is 8.33. The van der Waals surface area contributed by atoms with Gasteiger partial charge in [0.1, 0.15) is 40.2 Å². The largest absolute Gasteiger partial charge is 0.489 e. The highest BCUT2D eigenvalue weighted by atomic mass is 32.2. The van der Waals surface area contributed by atoms with E-state index in [1.54, 1.807) is 6.07 Å². The third-order valence-electron chi connectivity index (χ3n) is 6.31. The van der Waals surface area contributed by atoms with Gasteiger partial charge in [0.2, 0.25) is 0 Å². The first-order chi connectivity index (χ1) is 19.3. The van der Waals surface area contributed by atoms with Crippen molar-refractivity contribution in [1.29, 1.82) is 0 Å². The number of hydrogen-bond donors (Lipinski definition) is 2. The fraction of sp³-hybridized carbons (Fsp3) is 0.161. The monoisotopic (exact) mass is 556 g/mol. The van der Waals surface area contributed by atoms with Crippen molar-refractivity contribution >= 4 is 32.2 Å². The van der Waals surface area contributed by atoms with Crippen LogP contribution in [-0.4, -0.2) is 36.9 Å². The lowest BCUT2D eigenvalue weighted by atomic mass is 10.0. The first-order valence-corrected chi connectivity index (χ1v) is 14.9. The van der Waals surface area contributed by atoms with Crippen molar-refractivity contribution in [3.05, 3.63) is 114 Å². The molecule has 0 aliphatic carbocycles. The third kappa shape index (κ3) is 7.40. The molecule has 5 aromatic rings. The van der Waals surface area contributed by atoms with Crippen LogP contribution >= 0.6 is 0 Å². The van der Waals surface area contributed by atoms with E-state index in [1.807, 2.05) is 72.8 Å². The summed E-state index contributed by atoms with van der Waals surface area (Å²) in [7, 11) is -2.97. The highest BCUT2D eigenvalue weighted by Gasteiger charge is 2.08. The summed E-state index contributed by atoms with van der Waals surface area (Å²) in [5.41, 5.74) is 5.61. The van der Waals surface area contributed by atoms with E-state index in [1.165, 1.54) is 24.7 Å². The van der Waals surface area contributed by atoms with Crippen LogP contribution in [0.25, 0.3) is 22.0 Å². The maximum atomic E-state index is 13.4. The van der Waals surface area contributed by atoms with Crippen LogP contribution < -0.4 is 15.4 Å². The Bertz CT molecular complexity index is 1710. The maximum Gasteiger partial charge on any atom is 0.148 e. The lowest BCUT2D eigenvalue weighted by molar-refractivity contribution is 0.305. The van der Waals surface area contributed by atoms with Gasteiger partial charge in [-0.05, 0) is 70.8 Å². The summed E-state index contributed by atoms with van der Waals surface area (Å²) >= 11 is 0. The quantitative estimate of drug-likeness (QED) is 0.196. The summed E-state index contributed by atoms with van der Waals surface area (Å²) in [6.45, 7) is 1.32. The number of nitrogens with one attached hydrogen (secondary N) is 2. The van der Waals surface area contributed by atoms with Crippen molar-refractivity contribution < 1.29 is 17.5 Å². The van der Waals surface area contributed by atoms with E-state index in [0.29, 0.717) is 24.7 Å². The summed E-state index contributed by atoms with van der Waals surface area (Å²) in [6.07, 6.45) is 2.78. The molecule has 0 amide bonds. The smallest absolute Gasteiger partial charge is 0.148 e. The lowest BCUT2D eigenvalue weighted by Crippen LogP contribution is -2.21. The van der Waals surface area contributed by atoms with Crippen LogP contribution in [0.2, 0.25) is 0 Å². The minimum absolute atomic E-state index is 0.124. The molecule has 2 N–H and O–H groups in total. The van der Waals surface area contributed by atoms with Crippen LogP contribution in [0, 0.1) is 5.82 Å². The van der Waals surface area contributed by atoms with Gasteiger partial charge in [-0.2, -0.15) is 0 Å². The van der Waals surface area contributed by atoms with E-state index in [2.05, 4.69) is 20.6 Å². The summed E-state index contributed by atoms with van der Waals surface area (Å²) in [5, 5.41) is 7.41. The van der Waals surface area contributed by atoms with Crippen molar-refractivity contribution in [2.45, 2.75) is 13.2 Å². The van der Waals surface area contributed by atoms with E-state index in [-0.39, 0.29) is 18.2 Å². The molecule has 1 aromatic heterocycles. The lowest BCUT2D eigenvalue weighted by Gasteiger charge is -2.11. The molecule has 0 bridgehead atoms. The number of benzene rings is 4.